The number of carbonyl (C=O) groups is 1. The van der Waals surface area contributed by atoms with Crippen LogP contribution in [0.5, 0.6) is 0 Å². The van der Waals surface area contributed by atoms with Gasteiger partial charge in [0.1, 0.15) is 6.61 Å². The zero-order valence-corrected chi connectivity index (χ0v) is 12.0. The Bertz CT molecular complexity index is 537. The van der Waals surface area contributed by atoms with Crippen LogP contribution in [0.4, 0.5) is 4.79 Å². The molecule has 1 heterocycles. The topological polar surface area (TPSA) is 29.5 Å². The van der Waals surface area contributed by atoms with E-state index in [9.17, 15) is 4.79 Å². The molecule has 1 aromatic carbocycles. The maximum absolute atomic E-state index is 12.1. The van der Waals surface area contributed by atoms with Gasteiger partial charge in [0.05, 0.1) is 6.54 Å². The predicted octanol–water partition coefficient (Wildman–Crippen LogP) is 4.07. The standard InChI is InChI=1S/C16H17NO2S/c1-2-10-17(12-15-9-6-11-20-15)16(18)19-13-14-7-4-3-5-8-14/h2-9,11H,1,10,12-13H2. The first kappa shape index (κ1) is 14.3. The Morgan fingerprint density at radius 2 is 2.05 bits per heavy atom. The fraction of sp³-hybridized carbons (Fsp3) is 0.188. The van der Waals surface area contributed by atoms with Crippen molar-refractivity contribution >= 4 is 17.4 Å². The molecule has 0 saturated carbocycles. The molecule has 2 aromatic rings. The molecule has 2 rings (SSSR count). The van der Waals surface area contributed by atoms with Crippen molar-refractivity contribution in [3.8, 4) is 0 Å². The maximum atomic E-state index is 12.1. The third-order valence-corrected chi connectivity index (χ3v) is 3.60. The van der Waals surface area contributed by atoms with E-state index in [1.165, 1.54) is 0 Å². The van der Waals surface area contributed by atoms with Crippen LogP contribution < -0.4 is 0 Å². The Morgan fingerprint density at radius 3 is 2.70 bits per heavy atom. The number of amides is 1. The summed E-state index contributed by atoms with van der Waals surface area (Å²) in [4.78, 5) is 14.9. The van der Waals surface area contributed by atoms with Crippen molar-refractivity contribution in [1.29, 1.82) is 0 Å². The van der Waals surface area contributed by atoms with Gasteiger partial charge < -0.3 is 4.74 Å². The van der Waals surface area contributed by atoms with E-state index in [4.69, 9.17) is 4.74 Å². The van der Waals surface area contributed by atoms with Gasteiger partial charge in [0.15, 0.2) is 0 Å². The Morgan fingerprint density at radius 1 is 1.25 bits per heavy atom. The molecule has 0 bridgehead atoms. The van der Waals surface area contributed by atoms with Gasteiger partial charge in [-0.2, -0.15) is 0 Å². The fourth-order valence-electron chi connectivity index (χ4n) is 1.76. The predicted molar refractivity (Wildman–Crippen MR) is 81.6 cm³/mol. The van der Waals surface area contributed by atoms with Gasteiger partial charge in [0.25, 0.3) is 0 Å². The van der Waals surface area contributed by atoms with Crippen LogP contribution in [-0.2, 0) is 17.9 Å². The SMILES string of the molecule is C=CCN(Cc1cccs1)C(=O)OCc1ccccc1. The van der Waals surface area contributed by atoms with E-state index in [1.54, 1.807) is 22.3 Å². The minimum Gasteiger partial charge on any atom is -0.445 e. The monoisotopic (exact) mass is 287 g/mol. The molecule has 0 aliphatic heterocycles. The van der Waals surface area contributed by atoms with Crippen LogP contribution in [0, 0.1) is 0 Å². The molecule has 104 valence electrons. The van der Waals surface area contributed by atoms with Crippen molar-refractivity contribution in [2.75, 3.05) is 6.54 Å². The zero-order valence-electron chi connectivity index (χ0n) is 11.2. The van der Waals surface area contributed by atoms with Crippen molar-refractivity contribution in [2.45, 2.75) is 13.2 Å². The van der Waals surface area contributed by atoms with Gasteiger partial charge in [0.2, 0.25) is 0 Å². The van der Waals surface area contributed by atoms with Crippen LogP contribution in [0.2, 0.25) is 0 Å². The Kier molecular flexibility index (Phi) is 5.38. The highest BCUT2D eigenvalue weighted by Gasteiger charge is 2.14. The van der Waals surface area contributed by atoms with Crippen molar-refractivity contribution in [3.05, 3.63) is 70.9 Å². The van der Waals surface area contributed by atoms with E-state index in [1.807, 2.05) is 47.8 Å². The number of thiophene rings is 1. The van der Waals surface area contributed by atoms with E-state index in [2.05, 4.69) is 6.58 Å². The molecule has 1 aromatic heterocycles. The lowest BCUT2D eigenvalue weighted by Gasteiger charge is -2.19. The molecule has 0 atom stereocenters. The highest BCUT2D eigenvalue weighted by Crippen LogP contribution is 2.13. The largest absolute Gasteiger partial charge is 0.445 e. The van der Waals surface area contributed by atoms with Gasteiger partial charge in [-0.15, -0.1) is 17.9 Å². The lowest BCUT2D eigenvalue weighted by Crippen LogP contribution is -2.30. The summed E-state index contributed by atoms with van der Waals surface area (Å²) in [5.41, 5.74) is 0.982. The molecule has 0 radical (unpaired) electrons. The normalized spacial score (nSPS) is 10.0. The quantitative estimate of drug-likeness (QED) is 0.749. The minimum absolute atomic E-state index is 0.289. The average molecular weight is 287 g/mol. The summed E-state index contributed by atoms with van der Waals surface area (Å²) in [5, 5.41) is 2.00. The highest BCUT2D eigenvalue weighted by atomic mass is 32.1. The number of carbonyl (C=O) groups excluding carboxylic acids is 1. The van der Waals surface area contributed by atoms with E-state index < -0.39 is 0 Å². The summed E-state index contributed by atoms with van der Waals surface area (Å²) < 4.78 is 5.34. The van der Waals surface area contributed by atoms with Crippen LogP contribution in [-0.4, -0.2) is 17.5 Å². The molecule has 0 aliphatic carbocycles. The molecule has 1 amide bonds. The van der Waals surface area contributed by atoms with Crippen molar-refractivity contribution in [1.82, 2.24) is 4.90 Å². The van der Waals surface area contributed by atoms with Gasteiger partial charge in [-0.05, 0) is 17.0 Å². The molecule has 0 spiro atoms. The Balaban J connectivity index is 1.91. The molecule has 0 saturated heterocycles. The van der Waals surface area contributed by atoms with Crippen molar-refractivity contribution in [2.24, 2.45) is 0 Å². The second-order valence-corrected chi connectivity index (χ2v) is 5.32. The summed E-state index contributed by atoms with van der Waals surface area (Å²) in [5.74, 6) is 0. The van der Waals surface area contributed by atoms with Gasteiger partial charge in [-0.25, -0.2) is 4.79 Å². The number of hydrogen-bond donors (Lipinski definition) is 0. The molecular formula is C16H17NO2S. The molecule has 0 aliphatic rings. The third-order valence-electron chi connectivity index (χ3n) is 2.74. The first-order valence-electron chi connectivity index (χ1n) is 6.38. The summed E-state index contributed by atoms with van der Waals surface area (Å²) in [6.07, 6.45) is 1.39. The number of hydrogen-bond acceptors (Lipinski definition) is 3. The fourth-order valence-corrected chi connectivity index (χ4v) is 2.48. The minimum atomic E-state index is -0.317. The summed E-state index contributed by atoms with van der Waals surface area (Å²) in [6, 6.07) is 13.6. The van der Waals surface area contributed by atoms with Crippen LogP contribution >= 0.6 is 11.3 Å². The summed E-state index contributed by atoms with van der Waals surface area (Å²) >= 11 is 1.63. The highest BCUT2D eigenvalue weighted by molar-refractivity contribution is 7.09. The van der Waals surface area contributed by atoms with Crippen LogP contribution in [0.1, 0.15) is 10.4 Å². The molecule has 4 heteroatoms. The molecule has 0 unspecified atom stereocenters. The molecule has 0 fully saturated rings. The zero-order chi connectivity index (χ0) is 14.2. The lowest BCUT2D eigenvalue weighted by atomic mass is 10.2. The van der Waals surface area contributed by atoms with Crippen LogP contribution in [0.15, 0.2) is 60.5 Å². The van der Waals surface area contributed by atoms with Gasteiger partial charge in [-0.1, -0.05) is 42.5 Å². The van der Waals surface area contributed by atoms with Crippen LogP contribution in [0.25, 0.3) is 0 Å². The molecule has 3 nitrogen and oxygen atoms in total. The number of nitrogens with zero attached hydrogens (tertiary/aromatic N) is 1. The van der Waals surface area contributed by atoms with Gasteiger partial charge in [-0.3, -0.25) is 4.90 Å². The third kappa shape index (κ3) is 4.24. The summed E-state index contributed by atoms with van der Waals surface area (Å²) in [6.45, 7) is 5.00. The van der Waals surface area contributed by atoms with Gasteiger partial charge in [0, 0.05) is 11.4 Å². The first-order valence-corrected chi connectivity index (χ1v) is 7.26. The van der Waals surface area contributed by atoms with Gasteiger partial charge >= 0.3 is 6.09 Å². The Hall–Kier alpha value is -2.07. The lowest BCUT2D eigenvalue weighted by molar-refractivity contribution is 0.0981. The number of benzene rings is 1. The smallest absolute Gasteiger partial charge is 0.410 e. The first-order chi connectivity index (χ1) is 9.79. The van der Waals surface area contributed by atoms with Crippen molar-refractivity contribution < 1.29 is 9.53 Å². The number of rotatable bonds is 6. The summed E-state index contributed by atoms with van der Waals surface area (Å²) in [7, 11) is 0. The van der Waals surface area contributed by atoms with Crippen LogP contribution in [0.3, 0.4) is 0 Å². The van der Waals surface area contributed by atoms with E-state index >= 15 is 0 Å². The average Bonchev–Trinajstić information content (AvgIpc) is 2.98. The molecule has 20 heavy (non-hydrogen) atoms. The van der Waals surface area contributed by atoms with E-state index in [-0.39, 0.29) is 12.7 Å². The second kappa shape index (κ2) is 7.50. The maximum Gasteiger partial charge on any atom is 0.410 e. The molecule has 0 N–H and O–H groups in total. The van der Waals surface area contributed by atoms with Crippen molar-refractivity contribution in [3.63, 3.8) is 0 Å². The number of ether oxygens (including phenoxy) is 1. The second-order valence-electron chi connectivity index (χ2n) is 4.29. The van der Waals surface area contributed by atoms with E-state index in [0.29, 0.717) is 13.1 Å². The Labute approximate surface area is 123 Å². The van der Waals surface area contributed by atoms with E-state index in [0.717, 1.165) is 10.4 Å². The molecular weight excluding hydrogens is 270 g/mol.